The van der Waals surface area contributed by atoms with Gasteiger partial charge in [0.1, 0.15) is 0 Å². The number of aromatic nitrogens is 1. The van der Waals surface area contributed by atoms with Crippen molar-refractivity contribution < 1.29 is 30.0 Å². The summed E-state index contributed by atoms with van der Waals surface area (Å²) in [6.07, 6.45) is 8.02. The van der Waals surface area contributed by atoms with Crippen molar-refractivity contribution in [1.29, 1.82) is 0 Å². The van der Waals surface area contributed by atoms with E-state index in [2.05, 4.69) is 66.7 Å². The monoisotopic (exact) mass is 655 g/mol. The van der Waals surface area contributed by atoms with Crippen molar-refractivity contribution in [3.63, 3.8) is 0 Å². The van der Waals surface area contributed by atoms with E-state index in [1.807, 2.05) is 18.2 Å². The Morgan fingerprint density at radius 1 is 0.917 bits per heavy atom. The van der Waals surface area contributed by atoms with Crippen molar-refractivity contribution in [1.82, 2.24) is 4.98 Å². The Bertz CT molecular complexity index is 1320. The van der Waals surface area contributed by atoms with Crippen LogP contribution in [0.25, 0.3) is 33.3 Å². The van der Waals surface area contributed by atoms with E-state index in [4.69, 9.17) is 10.1 Å². The number of nitrogens with zero attached hydrogens (tertiary/aromatic N) is 1. The Hall–Kier alpha value is -3.07. The summed E-state index contributed by atoms with van der Waals surface area (Å²) in [5, 5.41) is 9.53. The van der Waals surface area contributed by atoms with E-state index in [1.165, 1.54) is 74.1 Å². The molecule has 187 valence electrons. The minimum absolute atomic E-state index is 0. The van der Waals surface area contributed by atoms with E-state index >= 15 is 0 Å². The second kappa shape index (κ2) is 13.3. The van der Waals surface area contributed by atoms with Crippen LogP contribution in [-0.2, 0) is 24.9 Å². The number of benzene rings is 3. The normalized spacial score (nSPS) is 13.9. The summed E-state index contributed by atoms with van der Waals surface area (Å²) in [5.41, 5.74) is 7.02. The Morgan fingerprint density at radius 3 is 2.31 bits per heavy atom. The van der Waals surface area contributed by atoms with Crippen LogP contribution < -0.4 is 0 Å². The molecule has 5 rings (SSSR count). The smallest absolute Gasteiger partial charge is 0.155 e. The summed E-state index contributed by atoms with van der Waals surface area (Å²) >= 11 is 0. The van der Waals surface area contributed by atoms with E-state index in [9.17, 15) is 4.79 Å². The number of ketones is 1. The molecule has 0 atom stereocenters. The predicted molar refractivity (Wildman–Crippen MR) is 144 cm³/mol. The van der Waals surface area contributed by atoms with Crippen LogP contribution in [0, 0.1) is 6.07 Å². The number of hydrogen-bond acceptors (Lipinski definition) is 3. The van der Waals surface area contributed by atoms with Gasteiger partial charge in [-0.3, -0.25) is 9.78 Å². The third-order valence-corrected chi connectivity index (χ3v) is 6.41. The molecule has 3 nitrogen and oxygen atoms in total. The van der Waals surface area contributed by atoms with Gasteiger partial charge in [0.05, 0.1) is 11.3 Å². The van der Waals surface area contributed by atoms with Gasteiger partial charge in [-0.15, -0.1) is 35.4 Å². The number of pyridine rings is 1. The maximum Gasteiger partial charge on any atom is 0.155 e. The van der Waals surface area contributed by atoms with Crippen molar-refractivity contribution in [2.75, 3.05) is 0 Å². The molecule has 0 amide bonds. The van der Waals surface area contributed by atoms with Crippen LogP contribution in [0.4, 0.5) is 0 Å². The zero-order valence-corrected chi connectivity index (χ0v) is 23.2. The van der Waals surface area contributed by atoms with Crippen molar-refractivity contribution in [2.45, 2.75) is 51.9 Å². The van der Waals surface area contributed by atoms with Crippen molar-refractivity contribution in [2.24, 2.45) is 0 Å². The molecule has 1 heterocycles. The van der Waals surface area contributed by atoms with Crippen LogP contribution in [0.1, 0.15) is 57.4 Å². The number of carbonyl (C=O) groups excluding carboxylic acids is 1. The number of aliphatic hydroxyl groups excluding tert-OH is 1. The fourth-order valence-electron chi connectivity index (χ4n) is 4.69. The number of para-hydroxylation sites is 1. The number of carbonyl (C=O) groups is 1. The van der Waals surface area contributed by atoms with Gasteiger partial charge in [-0.25, -0.2) is 0 Å². The Labute approximate surface area is 227 Å². The molecule has 3 aromatic carbocycles. The predicted octanol–water partition coefficient (Wildman–Crippen LogP) is 8.45. The molecule has 1 radical (unpaired) electrons. The topological polar surface area (TPSA) is 50.2 Å². The number of allylic oxidation sites excluding steroid dienone is 2. The number of fused-ring (bicyclic) bond motifs is 1. The quantitative estimate of drug-likeness (QED) is 0.137. The number of rotatable bonds is 4. The minimum Gasteiger partial charge on any atom is -0.512 e. The van der Waals surface area contributed by atoms with Crippen LogP contribution in [0.2, 0.25) is 0 Å². The largest absolute Gasteiger partial charge is 0.512 e. The maximum absolute atomic E-state index is 10.0. The molecule has 1 aromatic heterocycles. The summed E-state index contributed by atoms with van der Waals surface area (Å²) in [7, 11) is 0. The van der Waals surface area contributed by atoms with Crippen molar-refractivity contribution in [3.8, 4) is 22.4 Å². The molecule has 0 saturated heterocycles. The van der Waals surface area contributed by atoms with Crippen LogP contribution >= 0.6 is 0 Å². The van der Waals surface area contributed by atoms with E-state index in [1.54, 1.807) is 0 Å². The van der Waals surface area contributed by atoms with E-state index in [0.717, 1.165) is 22.7 Å². The SMILES string of the molecule is CC(=O)/C=C(/C)O.[Ir].[c-]1ccc(-c2ccc(C3CCCCC3)cc2)cc1-c1ccc2ccccc2n1. The van der Waals surface area contributed by atoms with Gasteiger partial charge >= 0.3 is 0 Å². The molecular formula is C32H32IrNO2-. The summed E-state index contributed by atoms with van der Waals surface area (Å²) in [4.78, 5) is 14.8. The molecule has 1 saturated carbocycles. The molecule has 1 fully saturated rings. The van der Waals surface area contributed by atoms with E-state index in [0.29, 0.717) is 0 Å². The third kappa shape index (κ3) is 7.46. The van der Waals surface area contributed by atoms with Gasteiger partial charge in [-0.2, -0.15) is 0 Å². The van der Waals surface area contributed by atoms with Crippen LogP contribution in [-0.4, -0.2) is 15.9 Å². The minimum atomic E-state index is -0.125. The first kappa shape index (κ1) is 27.5. The zero-order chi connectivity index (χ0) is 24.6. The van der Waals surface area contributed by atoms with Crippen molar-refractivity contribution >= 4 is 16.7 Å². The second-order valence-corrected chi connectivity index (χ2v) is 9.23. The summed E-state index contributed by atoms with van der Waals surface area (Å²) < 4.78 is 0. The first-order valence-electron chi connectivity index (χ1n) is 12.4. The first-order chi connectivity index (χ1) is 17.0. The Balaban J connectivity index is 0.000000400. The molecule has 0 bridgehead atoms. The zero-order valence-electron chi connectivity index (χ0n) is 20.8. The number of aliphatic hydroxyl groups is 1. The first-order valence-corrected chi connectivity index (χ1v) is 12.4. The fraction of sp³-hybridized carbons (Fsp3) is 0.250. The molecule has 0 unspecified atom stereocenters. The molecule has 0 spiro atoms. The average Bonchev–Trinajstić information content (AvgIpc) is 2.89. The molecule has 0 aliphatic heterocycles. The second-order valence-electron chi connectivity index (χ2n) is 9.23. The maximum atomic E-state index is 10.0. The molecule has 1 aliphatic carbocycles. The average molecular weight is 655 g/mol. The molecular weight excluding hydrogens is 623 g/mol. The van der Waals surface area contributed by atoms with Gasteiger partial charge in [0, 0.05) is 26.2 Å². The van der Waals surface area contributed by atoms with Gasteiger partial charge in [-0.05, 0) is 60.9 Å². The van der Waals surface area contributed by atoms with Gasteiger partial charge < -0.3 is 5.11 Å². The third-order valence-electron chi connectivity index (χ3n) is 6.41. The standard InChI is InChI=1S/C27H24N.C5H8O2.Ir/c1-2-7-20(8-3-1)21-13-15-22(16-14-21)24-10-6-11-25(19-24)27-18-17-23-9-4-5-12-26(23)28-27;1-4(6)3-5(2)7;/h4-6,9-10,12-20H,1-3,7-8H2;3,6H,1-2H3;/q-1;;/b;4-3-;. The van der Waals surface area contributed by atoms with Gasteiger partial charge in [0.2, 0.25) is 0 Å². The summed E-state index contributed by atoms with van der Waals surface area (Å²) in [6, 6.07) is 31.4. The van der Waals surface area contributed by atoms with Crippen LogP contribution in [0.3, 0.4) is 0 Å². The molecule has 4 aromatic rings. The molecule has 1 N–H and O–H groups in total. The molecule has 4 heteroatoms. The summed E-state index contributed by atoms with van der Waals surface area (Å²) in [5.74, 6) is 0.691. The van der Waals surface area contributed by atoms with E-state index < -0.39 is 0 Å². The van der Waals surface area contributed by atoms with E-state index in [-0.39, 0.29) is 31.6 Å². The van der Waals surface area contributed by atoms with Crippen molar-refractivity contribution in [3.05, 3.63) is 102 Å². The van der Waals surface area contributed by atoms with Gasteiger partial charge in [0.25, 0.3) is 0 Å². The molecule has 1 aliphatic rings. The van der Waals surface area contributed by atoms with Gasteiger partial charge in [0.15, 0.2) is 5.78 Å². The molecule has 36 heavy (non-hydrogen) atoms. The Kier molecular flexibility index (Phi) is 10.2. The van der Waals surface area contributed by atoms with Gasteiger partial charge in [-0.1, -0.05) is 73.9 Å². The van der Waals surface area contributed by atoms with Crippen LogP contribution in [0.5, 0.6) is 0 Å². The fourth-order valence-corrected chi connectivity index (χ4v) is 4.69. The van der Waals surface area contributed by atoms with Crippen LogP contribution in [0.15, 0.2) is 90.7 Å². The Morgan fingerprint density at radius 2 is 1.64 bits per heavy atom. The number of hydrogen-bond donors (Lipinski definition) is 1. The summed E-state index contributed by atoms with van der Waals surface area (Å²) in [6.45, 7) is 2.85.